The molecule has 15 heteroatoms. The predicted molar refractivity (Wildman–Crippen MR) is 185 cm³/mol. The number of carbonyl (C=O) groups is 3. The number of hydrogen-bond acceptors (Lipinski definition) is 8. The molecule has 1 saturated carbocycles. The molecule has 3 aromatic carbocycles. The van der Waals surface area contributed by atoms with Crippen molar-refractivity contribution in [2.75, 3.05) is 0 Å². The number of rotatable bonds is 11. The van der Waals surface area contributed by atoms with E-state index in [9.17, 15) is 23.1 Å². The predicted octanol–water partition coefficient (Wildman–Crippen LogP) is 5.71. The monoisotopic (exact) mass is 737 g/mol. The van der Waals surface area contributed by atoms with E-state index < -0.39 is 47.2 Å². The Morgan fingerprint density at radius 2 is 1.62 bits per heavy atom. The summed E-state index contributed by atoms with van der Waals surface area (Å²) in [6, 6.07) is 18.4. The minimum absolute atomic E-state index is 0.0743. The Labute approximate surface area is 300 Å². The van der Waals surface area contributed by atoms with Crippen molar-refractivity contribution in [3.63, 3.8) is 0 Å². The Kier molecular flexibility index (Phi) is 11.5. The number of ether oxygens (including phenoxy) is 1. The molecule has 0 radical (unpaired) electrons. The molecule has 1 aliphatic carbocycles. The quantitative estimate of drug-likeness (QED) is 0.0996. The van der Waals surface area contributed by atoms with Gasteiger partial charge >= 0.3 is 5.97 Å². The van der Waals surface area contributed by atoms with Gasteiger partial charge in [0.05, 0.1) is 41.3 Å². The Balaban J connectivity index is 1.23. The fourth-order valence-electron chi connectivity index (χ4n) is 6.55. The number of halogens is 2. The molecule has 2 amide bonds. The van der Waals surface area contributed by atoms with Crippen molar-refractivity contribution in [1.29, 1.82) is 0 Å². The van der Waals surface area contributed by atoms with Gasteiger partial charge in [-0.3, -0.25) is 28.9 Å². The molecule has 5 atom stereocenters. The van der Waals surface area contributed by atoms with Crippen molar-refractivity contribution in [3.8, 4) is 0 Å². The smallest absolute Gasteiger partial charge is 0.338 e. The third kappa shape index (κ3) is 8.04. The molecule has 12 nitrogen and oxygen atoms in total. The van der Waals surface area contributed by atoms with Crippen molar-refractivity contribution in [2.24, 2.45) is 0 Å². The van der Waals surface area contributed by atoms with E-state index >= 15 is 0 Å². The molecule has 0 bridgehead atoms. The number of benzene rings is 3. The number of hydrogen-bond donors (Lipinski definition) is 3. The highest BCUT2D eigenvalue weighted by molar-refractivity contribution is 7.77. The minimum Gasteiger partial charge on any atom is -0.456 e. The molecule has 2 heterocycles. The van der Waals surface area contributed by atoms with Gasteiger partial charge in [0, 0.05) is 27.7 Å². The second-order valence-electron chi connectivity index (χ2n) is 11.9. The summed E-state index contributed by atoms with van der Waals surface area (Å²) in [5.74, 6) is -2.34. The molecule has 1 aliphatic heterocycles. The van der Waals surface area contributed by atoms with Crippen molar-refractivity contribution in [1.82, 2.24) is 25.1 Å². The van der Waals surface area contributed by atoms with Gasteiger partial charge in [-0.25, -0.2) is 19.2 Å². The second-order valence-corrected chi connectivity index (χ2v) is 13.5. The minimum atomic E-state index is -2.32. The van der Waals surface area contributed by atoms with Crippen LogP contribution >= 0.6 is 23.2 Å². The van der Waals surface area contributed by atoms with E-state index in [1.54, 1.807) is 77.7 Å². The molecule has 1 fully saturated rings. The van der Waals surface area contributed by atoms with Crippen LogP contribution in [-0.2, 0) is 38.8 Å². The largest absolute Gasteiger partial charge is 0.456 e. The molecule has 3 N–H and O–H groups in total. The Morgan fingerprint density at radius 1 is 0.920 bits per heavy atom. The van der Waals surface area contributed by atoms with Gasteiger partial charge in [0.1, 0.15) is 13.2 Å². The van der Waals surface area contributed by atoms with E-state index in [1.807, 2.05) is 0 Å². The van der Waals surface area contributed by atoms with Crippen LogP contribution in [0.2, 0.25) is 10.0 Å². The van der Waals surface area contributed by atoms with Crippen LogP contribution in [0.3, 0.4) is 0 Å². The molecular formula is C35H33Cl2N5O7S. The third-order valence-corrected chi connectivity index (χ3v) is 9.86. The zero-order valence-electron chi connectivity index (χ0n) is 26.5. The average Bonchev–Trinajstić information content (AvgIpc) is 3.12. The molecule has 6 rings (SSSR count). The van der Waals surface area contributed by atoms with Gasteiger partial charge in [-0.15, -0.1) is 0 Å². The fourth-order valence-corrected chi connectivity index (χ4v) is 7.61. The summed E-state index contributed by atoms with van der Waals surface area (Å²) in [4.78, 5) is 56.6. The number of aromatic nitrogens is 2. The zero-order valence-corrected chi connectivity index (χ0v) is 28.9. The molecule has 2 aliphatic rings. The van der Waals surface area contributed by atoms with E-state index in [1.165, 1.54) is 12.4 Å². The lowest BCUT2D eigenvalue weighted by Gasteiger charge is -2.49. The fraction of sp³-hybridized carbons (Fsp3) is 0.286. The lowest BCUT2D eigenvalue weighted by molar-refractivity contribution is -0.138. The van der Waals surface area contributed by atoms with E-state index in [2.05, 4.69) is 20.2 Å². The van der Waals surface area contributed by atoms with Crippen LogP contribution in [0.1, 0.15) is 80.9 Å². The van der Waals surface area contributed by atoms with Crippen LogP contribution in [-0.4, -0.2) is 53.5 Å². The van der Waals surface area contributed by atoms with Crippen LogP contribution in [0.15, 0.2) is 85.2 Å². The number of carbonyl (C=O) groups excluding carboxylic acids is 3. The Hall–Kier alpha value is -4.24. The number of nitrogens with zero attached hydrogens (tertiary/aromatic N) is 3. The normalized spacial score (nSPS) is 20.9. The average molecular weight is 739 g/mol. The maximum Gasteiger partial charge on any atom is 0.338 e. The van der Waals surface area contributed by atoms with Crippen LogP contribution < -0.4 is 10.2 Å². The van der Waals surface area contributed by atoms with Gasteiger partial charge in [-0.2, -0.15) is 0 Å². The SMILES string of the molecule is O=C(OCc1cnc(CONC(=O)[C@@H]2c3ccccc3C(=O)N([C@H]3CCCC[C@@H]3NS(=O)O)[C@H]2c2ccc(Cl)cc2Cl)cn1)c1ccccc1. The van der Waals surface area contributed by atoms with Gasteiger partial charge in [0.15, 0.2) is 0 Å². The summed E-state index contributed by atoms with van der Waals surface area (Å²) in [7, 11) is 0. The standard InChI is InChI=1S/C35H33Cl2N5O7S/c36-22-14-15-27(28(37)16-22)32-31(25-10-4-5-11-26(25)34(44)42(32)30-13-7-6-12-29(30)41-50(46)47)33(43)40-49-20-24-18-38-23(17-39-24)19-48-35(45)21-8-2-1-3-9-21/h1-5,8-11,14-18,29-32,41H,6-7,12-13,19-20H2,(H,40,43)(H,46,47)/t29-,30-,31+,32-/m0/s1. The van der Waals surface area contributed by atoms with Crippen LogP contribution in [0.5, 0.6) is 0 Å². The Morgan fingerprint density at radius 3 is 2.34 bits per heavy atom. The van der Waals surface area contributed by atoms with Gasteiger partial charge in [0.2, 0.25) is 11.3 Å². The van der Waals surface area contributed by atoms with Crippen LogP contribution in [0, 0.1) is 0 Å². The van der Waals surface area contributed by atoms with Crippen molar-refractivity contribution < 1.29 is 32.7 Å². The van der Waals surface area contributed by atoms with Crippen LogP contribution in [0.25, 0.3) is 0 Å². The number of amides is 2. The second kappa shape index (κ2) is 16.2. The van der Waals surface area contributed by atoms with Gasteiger partial charge in [-0.05, 0) is 54.3 Å². The lowest BCUT2D eigenvalue weighted by atomic mass is 9.76. The maximum absolute atomic E-state index is 14.3. The number of esters is 1. The summed E-state index contributed by atoms with van der Waals surface area (Å²) < 4.78 is 29.7. The third-order valence-electron chi connectivity index (χ3n) is 8.79. The van der Waals surface area contributed by atoms with Gasteiger partial charge in [-0.1, -0.05) is 78.5 Å². The van der Waals surface area contributed by atoms with Crippen LogP contribution in [0.4, 0.5) is 0 Å². The zero-order chi connectivity index (χ0) is 35.2. The molecule has 50 heavy (non-hydrogen) atoms. The first kappa shape index (κ1) is 35.6. The molecular weight excluding hydrogens is 705 g/mol. The summed E-state index contributed by atoms with van der Waals surface area (Å²) in [6.45, 7) is -0.210. The molecule has 1 unspecified atom stereocenters. The highest BCUT2D eigenvalue weighted by atomic mass is 35.5. The van der Waals surface area contributed by atoms with Crippen molar-refractivity contribution >= 4 is 52.3 Å². The highest BCUT2D eigenvalue weighted by Gasteiger charge is 2.49. The molecule has 4 aromatic rings. The van der Waals surface area contributed by atoms with E-state index in [4.69, 9.17) is 32.8 Å². The lowest BCUT2D eigenvalue weighted by Crippen LogP contribution is -2.58. The topological polar surface area (TPSA) is 160 Å². The number of nitrogens with one attached hydrogen (secondary N) is 2. The van der Waals surface area contributed by atoms with E-state index in [0.29, 0.717) is 51.5 Å². The first-order chi connectivity index (χ1) is 24.2. The summed E-state index contributed by atoms with van der Waals surface area (Å²) in [5, 5.41) is 0.640. The summed E-state index contributed by atoms with van der Waals surface area (Å²) in [5.41, 5.74) is 5.08. The van der Waals surface area contributed by atoms with Gasteiger partial charge in [0.25, 0.3) is 11.8 Å². The molecule has 0 saturated heterocycles. The first-order valence-corrected chi connectivity index (χ1v) is 17.7. The molecule has 1 aromatic heterocycles. The van der Waals surface area contributed by atoms with Gasteiger partial charge < -0.3 is 9.64 Å². The first-order valence-electron chi connectivity index (χ1n) is 15.9. The summed E-state index contributed by atoms with van der Waals surface area (Å²) in [6.07, 6.45) is 5.58. The van der Waals surface area contributed by atoms with E-state index in [-0.39, 0.29) is 24.1 Å². The molecule has 260 valence electrons. The van der Waals surface area contributed by atoms with E-state index in [0.717, 1.165) is 12.8 Å². The highest BCUT2D eigenvalue weighted by Crippen LogP contribution is 2.47. The molecule has 0 spiro atoms. The maximum atomic E-state index is 14.3. The summed E-state index contributed by atoms with van der Waals surface area (Å²) >= 11 is 10.7. The Bertz CT molecular complexity index is 1890. The van der Waals surface area contributed by atoms with Crippen molar-refractivity contribution in [2.45, 2.75) is 62.9 Å². The number of fused-ring (bicyclic) bond motifs is 1. The number of hydroxylamine groups is 1. The van der Waals surface area contributed by atoms with Crippen molar-refractivity contribution in [3.05, 3.63) is 129 Å².